The Balaban J connectivity index is 2.65. The van der Waals surface area contributed by atoms with Gasteiger partial charge in [-0.15, -0.1) is 6.42 Å². The van der Waals surface area contributed by atoms with E-state index in [4.69, 9.17) is 11.2 Å². The first-order valence-corrected chi connectivity index (χ1v) is 6.35. The molecule has 1 amide bonds. The summed E-state index contributed by atoms with van der Waals surface area (Å²) in [5.74, 6) is 2.86. The molecule has 0 heterocycles. The number of amides is 1. The number of hydrogen-bond donors (Lipinski definition) is 2. The monoisotopic (exact) mass is 260 g/mol. The summed E-state index contributed by atoms with van der Waals surface area (Å²) >= 11 is 0. The van der Waals surface area contributed by atoms with E-state index in [9.17, 15) is 4.79 Å². The molecule has 0 aromatic heterocycles. The fourth-order valence-electron chi connectivity index (χ4n) is 1.55. The Morgan fingerprint density at radius 2 is 2.21 bits per heavy atom. The summed E-state index contributed by atoms with van der Waals surface area (Å²) in [6.07, 6.45) is 4.52. The molecule has 0 saturated carbocycles. The van der Waals surface area contributed by atoms with Gasteiger partial charge in [0.1, 0.15) is 5.75 Å². The van der Waals surface area contributed by atoms with Crippen molar-refractivity contribution in [1.29, 1.82) is 0 Å². The Bertz CT molecular complexity index is 452. The van der Waals surface area contributed by atoms with Crippen molar-refractivity contribution in [2.75, 3.05) is 13.1 Å². The number of ether oxygens (including phenoxy) is 1. The lowest BCUT2D eigenvalue weighted by molar-refractivity contribution is -0.127. The zero-order valence-corrected chi connectivity index (χ0v) is 11.4. The van der Waals surface area contributed by atoms with Gasteiger partial charge >= 0.3 is 0 Å². The zero-order valence-electron chi connectivity index (χ0n) is 11.4. The van der Waals surface area contributed by atoms with Gasteiger partial charge in [0.15, 0.2) is 6.10 Å². The summed E-state index contributed by atoms with van der Waals surface area (Å²) in [4.78, 5) is 11.7. The fraction of sp³-hybridized carbons (Fsp3) is 0.400. The molecule has 19 heavy (non-hydrogen) atoms. The summed E-state index contributed by atoms with van der Waals surface area (Å²) < 4.78 is 5.68. The second kappa shape index (κ2) is 8.17. The van der Waals surface area contributed by atoms with Crippen molar-refractivity contribution < 1.29 is 9.53 Å². The SMILES string of the molecule is C#CCNC(=O)C(C)Oc1ccccc1CNCC. The Kier molecular flexibility index (Phi) is 6.48. The Morgan fingerprint density at radius 1 is 1.47 bits per heavy atom. The minimum atomic E-state index is -0.573. The van der Waals surface area contributed by atoms with Crippen LogP contribution in [0.15, 0.2) is 24.3 Å². The maximum atomic E-state index is 11.7. The van der Waals surface area contributed by atoms with Gasteiger partial charge in [-0.25, -0.2) is 0 Å². The highest BCUT2D eigenvalue weighted by Crippen LogP contribution is 2.19. The lowest BCUT2D eigenvalue weighted by Crippen LogP contribution is -2.36. The number of terminal acetylenes is 1. The van der Waals surface area contributed by atoms with Gasteiger partial charge in [0.2, 0.25) is 0 Å². The molecule has 102 valence electrons. The van der Waals surface area contributed by atoms with E-state index in [-0.39, 0.29) is 12.5 Å². The molecule has 1 atom stereocenters. The second-order valence-corrected chi connectivity index (χ2v) is 4.07. The van der Waals surface area contributed by atoms with E-state index in [0.29, 0.717) is 12.3 Å². The Labute approximate surface area is 114 Å². The minimum Gasteiger partial charge on any atom is -0.481 e. The van der Waals surface area contributed by atoms with Crippen molar-refractivity contribution in [3.05, 3.63) is 29.8 Å². The van der Waals surface area contributed by atoms with Crippen LogP contribution in [0, 0.1) is 12.3 Å². The summed E-state index contributed by atoms with van der Waals surface area (Å²) in [7, 11) is 0. The molecular formula is C15H20N2O2. The van der Waals surface area contributed by atoms with E-state index >= 15 is 0 Å². The van der Waals surface area contributed by atoms with Gasteiger partial charge < -0.3 is 15.4 Å². The molecular weight excluding hydrogens is 240 g/mol. The van der Waals surface area contributed by atoms with Crippen LogP contribution < -0.4 is 15.4 Å². The van der Waals surface area contributed by atoms with E-state index in [1.54, 1.807) is 6.92 Å². The largest absolute Gasteiger partial charge is 0.481 e. The molecule has 1 aromatic carbocycles. The average Bonchev–Trinajstić information content (AvgIpc) is 2.43. The van der Waals surface area contributed by atoms with Crippen LogP contribution in [0.25, 0.3) is 0 Å². The molecule has 1 aromatic rings. The third kappa shape index (κ3) is 5.02. The number of carbonyl (C=O) groups excluding carboxylic acids is 1. The highest BCUT2D eigenvalue weighted by molar-refractivity contribution is 5.80. The van der Waals surface area contributed by atoms with Crippen LogP contribution in [-0.2, 0) is 11.3 Å². The molecule has 2 N–H and O–H groups in total. The van der Waals surface area contributed by atoms with Crippen LogP contribution in [0.2, 0.25) is 0 Å². The van der Waals surface area contributed by atoms with Crippen LogP contribution in [0.4, 0.5) is 0 Å². The van der Waals surface area contributed by atoms with Crippen molar-refractivity contribution in [2.24, 2.45) is 0 Å². The number of hydrogen-bond acceptors (Lipinski definition) is 3. The van der Waals surface area contributed by atoms with Crippen molar-refractivity contribution in [1.82, 2.24) is 10.6 Å². The summed E-state index contributed by atoms with van der Waals surface area (Å²) in [6.45, 7) is 5.55. The first-order valence-electron chi connectivity index (χ1n) is 6.35. The second-order valence-electron chi connectivity index (χ2n) is 4.07. The van der Waals surface area contributed by atoms with Gasteiger partial charge in [0.05, 0.1) is 6.54 Å². The summed E-state index contributed by atoms with van der Waals surface area (Å²) in [5, 5.41) is 5.83. The highest BCUT2D eigenvalue weighted by atomic mass is 16.5. The zero-order chi connectivity index (χ0) is 14.1. The van der Waals surface area contributed by atoms with Crippen molar-refractivity contribution in [2.45, 2.75) is 26.5 Å². The molecule has 0 radical (unpaired) electrons. The number of para-hydroxylation sites is 1. The van der Waals surface area contributed by atoms with Gasteiger partial charge in [-0.1, -0.05) is 31.0 Å². The molecule has 0 saturated heterocycles. The van der Waals surface area contributed by atoms with Gasteiger partial charge in [-0.2, -0.15) is 0 Å². The third-order valence-corrected chi connectivity index (χ3v) is 2.58. The maximum absolute atomic E-state index is 11.7. The van der Waals surface area contributed by atoms with E-state index < -0.39 is 6.10 Å². The van der Waals surface area contributed by atoms with Crippen molar-refractivity contribution >= 4 is 5.91 Å². The quantitative estimate of drug-likeness (QED) is 0.727. The molecule has 4 nitrogen and oxygen atoms in total. The predicted molar refractivity (Wildman–Crippen MR) is 75.8 cm³/mol. The standard InChI is InChI=1S/C15H20N2O2/c1-4-10-17-15(18)12(3)19-14-9-7-6-8-13(14)11-16-5-2/h1,6-9,12,16H,5,10-11H2,2-3H3,(H,17,18). The smallest absolute Gasteiger partial charge is 0.261 e. The first kappa shape index (κ1) is 15.1. The molecule has 1 rings (SSSR count). The number of rotatable bonds is 7. The Hall–Kier alpha value is -1.99. The van der Waals surface area contributed by atoms with E-state index in [1.807, 2.05) is 31.2 Å². The van der Waals surface area contributed by atoms with Crippen LogP contribution in [-0.4, -0.2) is 25.1 Å². The molecule has 0 aliphatic heterocycles. The number of benzene rings is 1. The van der Waals surface area contributed by atoms with E-state index in [1.165, 1.54) is 0 Å². The molecule has 0 spiro atoms. The van der Waals surface area contributed by atoms with E-state index in [0.717, 1.165) is 12.1 Å². The minimum absolute atomic E-state index is 0.212. The van der Waals surface area contributed by atoms with Crippen LogP contribution in [0.5, 0.6) is 5.75 Å². The van der Waals surface area contributed by atoms with Crippen molar-refractivity contribution in [3.63, 3.8) is 0 Å². The molecule has 0 aliphatic rings. The van der Waals surface area contributed by atoms with Crippen LogP contribution in [0.1, 0.15) is 19.4 Å². The van der Waals surface area contributed by atoms with E-state index in [2.05, 4.69) is 16.6 Å². The Morgan fingerprint density at radius 3 is 2.89 bits per heavy atom. The highest BCUT2D eigenvalue weighted by Gasteiger charge is 2.15. The van der Waals surface area contributed by atoms with Crippen LogP contribution >= 0.6 is 0 Å². The average molecular weight is 260 g/mol. The fourth-order valence-corrected chi connectivity index (χ4v) is 1.55. The van der Waals surface area contributed by atoms with Gasteiger partial charge in [-0.3, -0.25) is 4.79 Å². The van der Waals surface area contributed by atoms with Gasteiger partial charge in [-0.05, 0) is 19.5 Å². The maximum Gasteiger partial charge on any atom is 0.261 e. The summed E-state index contributed by atoms with van der Waals surface area (Å²) in [6, 6.07) is 7.67. The molecule has 0 bridgehead atoms. The van der Waals surface area contributed by atoms with Crippen LogP contribution in [0.3, 0.4) is 0 Å². The number of carbonyl (C=O) groups is 1. The lowest BCUT2D eigenvalue weighted by atomic mass is 10.2. The summed E-state index contributed by atoms with van der Waals surface area (Å²) in [5.41, 5.74) is 1.03. The van der Waals surface area contributed by atoms with Gasteiger partial charge in [0.25, 0.3) is 5.91 Å². The first-order chi connectivity index (χ1) is 9.19. The van der Waals surface area contributed by atoms with Crippen molar-refractivity contribution in [3.8, 4) is 18.1 Å². The topological polar surface area (TPSA) is 50.4 Å². The normalized spacial score (nSPS) is 11.4. The molecule has 1 unspecified atom stereocenters. The molecule has 4 heteroatoms. The number of nitrogens with one attached hydrogen (secondary N) is 2. The lowest BCUT2D eigenvalue weighted by Gasteiger charge is -2.16. The third-order valence-electron chi connectivity index (χ3n) is 2.58. The molecule has 0 fully saturated rings. The van der Waals surface area contributed by atoms with Gasteiger partial charge in [0, 0.05) is 12.1 Å². The predicted octanol–water partition coefficient (Wildman–Crippen LogP) is 1.31. The molecule has 0 aliphatic carbocycles.